The molecule has 1 unspecified atom stereocenters. The van der Waals surface area contributed by atoms with Crippen LogP contribution in [0.3, 0.4) is 0 Å². The van der Waals surface area contributed by atoms with E-state index in [0.717, 1.165) is 41.5 Å². The average molecular weight is 643 g/mol. The van der Waals surface area contributed by atoms with Gasteiger partial charge < -0.3 is 15.2 Å². The number of hydrogen-bond acceptors (Lipinski definition) is 6. The van der Waals surface area contributed by atoms with Crippen molar-refractivity contribution in [1.29, 1.82) is 0 Å². The fraction of sp³-hybridized carbons (Fsp3) is 0.429. The molecule has 0 spiro atoms. The molecule has 1 aliphatic rings. The molecule has 0 aliphatic heterocycles. The van der Waals surface area contributed by atoms with Crippen molar-refractivity contribution in [2.24, 2.45) is 5.92 Å². The molecule has 0 saturated heterocycles. The van der Waals surface area contributed by atoms with Crippen LogP contribution in [0.15, 0.2) is 71.6 Å². The summed E-state index contributed by atoms with van der Waals surface area (Å²) in [5.41, 5.74) is 4.35. The normalized spacial score (nSPS) is 14.5. The summed E-state index contributed by atoms with van der Waals surface area (Å²) in [6.07, 6.45) is 8.80. The Bertz CT molecular complexity index is 1560. The minimum absolute atomic E-state index is 0. The molecule has 236 valence electrons. The third-order valence-electron chi connectivity index (χ3n) is 8.46. The van der Waals surface area contributed by atoms with E-state index in [0.29, 0.717) is 29.3 Å². The molecule has 0 aromatic heterocycles. The number of carboxylic acid groups (broad SMARTS) is 1. The van der Waals surface area contributed by atoms with Gasteiger partial charge in [-0.05, 0) is 96.7 Å². The zero-order chi connectivity index (χ0) is 31.7. The number of aryl methyl sites for hydroxylation is 2. The fourth-order valence-corrected chi connectivity index (χ4v) is 7.94. The zero-order valence-electron chi connectivity index (χ0n) is 26.9. The molecule has 0 heterocycles. The quantitative estimate of drug-likeness (QED) is 0.271. The molecular weight excluding hydrogens is 599 g/mol. The summed E-state index contributed by atoms with van der Waals surface area (Å²) in [5.74, 6) is -0.757. The molecule has 45 heavy (non-hydrogen) atoms. The molecule has 1 saturated carbocycles. The Morgan fingerprint density at radius 2 is 1.71 bits per heavy atom. The van der Waals surface area contributed by atoms with E-state index in [1.807, 2.05) is 56.5 Å². The smallest absolute Gasteiger partial charge is 0.548 e. The van der Waals surface area contributed by atoms with Gasteiger partial charge in [-0.1, -0.05) is 74.6 Å². The van der Waals surface area contributed by atoms with Crippen LogP contribution in [0.1, 0.15) is 72.0 Å². The number of benzene rings is 3. The van der Waals surface area contributed by atoms with E-state index in [1.165, 1.54) is 31.0 Å². The molecule has 0 bridgehead atoms. The molecule has 1 N–H and O–H groups in total. The van der Waals surface area contributed by atoms with Crippen molar-refractivity contribution >= 4 is 33.7 Å². The molecule has 1 fully saturated rings. The van der Waals surface area contributed by atoms with E-state index in [9.17, 15) is 23.1 Å². The molecule has 7 nitrogen and oxygen atoms in total. The van der Waals surface area contributed by atoms with Crippen LogP contribution in [0.5, 0.6) is 0 Å². The number of nitrogens with zero attached hydrogens (tertiary/aromatic N) is 1. The number of aliphatic carboxylic acids is 1. The second kappa shape index (κ2) is 17.4. The van der Waals surface area contributed by atoms with Crippen LogP contribution in [-0.4, -0.2) is 49.2 Å². The number of nitrogens with one attached hydrogen (secondary N) is 1. The van der Waals surface area contributed by atoms with Crippen molar-refractivity contribution < 1.29 is 42.0 Å². The third-order valence-corrected chi connectivity index (χ3v) is 10.9. The number of sulfonamides is 1. The molecule has 3 aromatic rings. The molecule has 1 amide bonds. The van der Waals surface area contributed by atoms with E-state index in [1.54, 1.807) is 34.6 Å². The van der Waals surface area contributed by atoms with Gasteiger partial charge >= 0.3 is 18.9 Å². The molecule has 10 heteroatoms. The molecule has 1 atom stereocenters. The number of hydrogen-bond donors (Lipinski definition) is 1. The summed E-state index contributed by atoms with van der Waals surface area (Å²) < 4.78 is 29.6. The van der Waals surface area contributed by atoms with Gasteiger partial charge in [-0.25, -0.2) is 8.42 Å². The van der Waals surface area contributed by atoms with Crippen LogP contribution in [0, 0.1) is 19.8 Å². The average Bonchev–Trinajstić information content (AvgIpc) is 3.01. The van der Waals surface area contributed by atoms with Crippen LogP contribution in [0.4, 0.5) is 0 Å². The van der Waals surface area contributed by atoms with Crippen molar-refractivity contribution in [3.8, 4) is 11.1 Å². The number of amides is 1. The summed E-state index contributed by atoms with van der Waals surface area (Å²) >= 11 is 1.50. The van der Waals surface area contributed by atoms with Crippen LogP contribution in [-0.2, 0) is 21.4 Å². The predicted octanol–water partition coefficient (Wildman–Crippen LogP) is 2.74. The molecule has 3 aromatic carbocycles. The van der Waals surface area contributed by atoms with E-state index in [4.69, 9.17) is 0 Å². The minimum Gasteiger partial charge on any atom is -0.548 e. The van der Waals surface area contributed by atoms with Gasteiger partial charge in [0.05, 0.1) is 16.9 Å². The largest absolute Gasteiger partial charge is 1.00 e. The zero-order valence-corrected chi connectivity index (χ0v) is 28.5. The van der Waals surface area contributed by atoms with Crippen molar-refractivity contribution in [2.45, 2.75) is 76.3 Å². The van der Waals surface area contributed by atoms with Gasteiger partial charge in [-0.2, -0.15) is 16.1 Å². The Morgan fingerprint density at radius 1 is 0.978 bits per heavy atom. The van der Waals surface area contributed by atoms with E-state index >= 15 is 0 Å². The fourth-order valence-electron chi connectivity index (χ4n) is 5.92. The van der Waals surface area contributed by atoms with Crippen molar-refractivity contribution in [3.63, 3.8) is 0 Å². The Morgan fingerprint density at radius 3 is 2.38 bits per heavy atom. The van der Waals surface area contributed by atoms with Crippen molar-refractivity contribution in [2.75, 3.05) is 18.6 Å². The number of carboxylic acids is 1. The monoisotopic (exact) mass is 642 g/mol. The summed E-state index contributed by atoms with van der Waals surface area (Å²) in [6.45, 7) is 4.39. The number of carbonyl (C=O) groups is 2. The van der Waals surface area contributed by atoms with E-state index < -0.39 is 27.9 Å². The summed E-state index contributed by atoms with van der Waals surface area (Å²) in [5, 5.41) is 14.4. The van der Waals surface area contributed by atoms with Gasteiger partial charge in [0.1, 0.15) is 0 Å². The molecule has 0 radical (unpaired) electrons. The van der Waals surface area contributed by atoms with Crippen LogP contribution in [0.25, 0.3) is 11.1 Å². The van der Waals surface area contributed by atoms with Gasteiger partial charge in [0.2, 0.25) is 10.0 Å². The van der Waals surface area contributed by atoms with Gasteiger partial charge in [0, 0.05) is 18.7 Å². The predicted molar refractivity (Wildman–Crippen MR) is 176 cm³/mol. The van der Waals surface area contributed by atoms with Gasteiger partial charge in [-0.15, -0.1) is 0 Å². The molecular formula is C35H43LiN2O5S2. The Balaban J connectivity index is 0.00000552. The third kappa shape index (κ3) is 9.97. The maximum atomic E-state index is 14.0. The first-order valence-electron chi connectivity index (χ1n) is 15.4. The van der Waals surface area contributed by atoms with Crippen molar-refractivity contribution in [1.82, 2.24) is 9.62 Å². The van der Waals surface area contributed by atoms with E-state index in [2.05, 4.69) is 5.32 Å². The SMILES string of the molecule is CSCCC(NC(=O)c1ccc(CN(CCC2CCCCC2)S(=O)(=O)c2cccc(C)c2)cc1-c1ccccc1C)C(=O)[O-].[Li+]. The maximum Gasteiger partial charge on any atom is 1.00 e. The Hall–Kier alpha value is -2.54. The van der Waals surface area contributed by atoms with E-state index in [-0.39, 0.29) is 36.7 Å². The van der Waals surface area contributed by atoms with Gasteiger partial charge in [-0.3, -0.25) is 4.79 Å². The minimum atomic E-state index is -3.79. The van der Waals surface area contributed by atoms with Crippen molar-refractivity contribution in [3.05, 3.63) is 89.0 Å². The topological polar surface area (TPSA) is 107 Å². The molecule has 4 rings (SSSR count). The number of carbonyl (C=O) groups excluding carboxylic acids is 2. The second-order valence-corrected chi connectivity index (χ2v) is 14.7. The van der Waals surface area contributed by atoms with Crippen LogP contribution >= 0.6 is 11.8 Å². The standard InChI is InChI=1S/C35H44N2O5S2.Li/c1-25-10-9-14-29(22-25)44(41,42)37(20-18-27-12-5-4-6-13-27)24-28-16-17-31(32(23-28)30-15-8-7-11-26(30)2)34(38)36-33(35(39)40)19-21-43-3;/h7-11,14-17,22-23,27,33H,4-6,12-13,18-21,24H2,1-3H3,(H,36,38)(H,39,40);/q;+1/p-1. The number of thioether (sulfide) groups is 1. The maximum absolute atomic E-state index is 14.0. The summed E-state index contributed by atoms with van der Waals surface area (Å²) in [6, 6.07) is 18.9. The summed E-state index contributed by atoms with van der Waals surface area (Å²) in [7, 11) is -3.79. The van der Waals surface area contributed by atoms with Crippen LogP contribution in [0.2, 0.25) is 0 Å². The number of rotatable bonds is 14. The van der Waals surface area contributed by atoms with Gasteiger partial charge in [0.15, 0.2) is 0 Å². The molecule has 1 aliphatic carbocycles. The summed E-state index contributed by atoms with van der Waals surface area (Å²) in [4.78, 5) is 25.5. The first-order chi connectivity index (χ1) is 21.1. The van der Waals surface area contributed by atoms with Gasteiger partial charge in [0.25, 0.3) is 5.91 Å². The van der Waals surface area contributed by atoms with Crippen LogP contribution < -0.4 is 29.3 Å². The second-order valence-electron chi connectivity index (χ2n) is 11.8. The first-order valence-corrected chi connectivity index (χ1v) is 18.2. The first kappa shape index (κ1) is 36.9. The Labute approximate surface area is 284 Å². The Kier molecular flexibility index (Phi) is 14.3.